The van der Waals surface area contributed by atoms with Crippen LogP contribution in [-0.4, -0.2) is 47.4 Å². The van der Waals surface area contributed by atoms with Gasteiger partial charge in [0.15, 0.2) is 0 Å². The van der Waals surface area contributed by atoms with Gasteiger partial charge in [0, 0.05) is 12.8 Å². The maximum Gasteiger partial charge on any atom is 0.305 e. The van der Waals surface area contributed by atoms with Crippen molar-refractivity contribution in [1.29, 1.82) is 0 Å². The number of nitrogens with one attached hydrogen (secondary N) is 1. The lowest BCUT2D eigenvalue weighted by Crippen LogP contribution is -2.45. The third kappa shape index (κ3) is 65.4. The van der Waals surface area contributed by atoms with E-state index in [1.165, 1.54) is 321 Å². The maximum absolute atomic E-state index is 12.5. The number of unbranched alkanes of at least 4 members (excludes halogenated alkanes) is 53. The molecule has 0 aromatic rings. The standard InChI is InChI=1S/C73H141NO5/c1-3-5-7-9-11-13-15-17-19-21-22-31-34-37-41-45-49-53-57-61-65-71(76)70(69-75)74-72(77)66-62-58-54-50-46-42-38-35-32-29-27-25-23-24-26-28-30-33-36-40-44-48-52-56-60-64-68-79-73(78)67-63-59-55-51-47-43-39-20-18-16-14-12-10-8-6-4-2/h14,16,20,39,70-71,75-76H,3-13,15,17-19,21-38,40-69H2,1-2H3,(H,74,77)/b16-14-,39-20-. The summed E-state index contributed by atoms with van der Waals surface area (Å²) in [6.45, 7) is 4.97. The number of ether oxygens (including phenoxy) is 1. The van der Waals surface area contributed by atoms with E-state index in [9.17, 15) is 19.8 Å². The molecule has 468 valence electrons. The van der Waals surface area contributed by atoms with Gasteiger partial charge in [0.25, 0.3) is 0 Å². The Balaban J connectivity index is 3.36. The van der Waals surface area contributed by atoms with Gasteiger partial charge in [0.1, 0.15) is 0 Å². The van der Waals surface area contributed by atoms with Gasteiger partial charge in [-0.15, -0.1) is 0 Å². The molecule has 6 heteroatoms. The molecule has 2 atom stereocenters. The fourth-order valence-corrected chi connectivity index (χ4v) is 11.5. The van der Waals surface area contributed by atoms with Crippen molar-refractivity contribution < 1.29 is 24.5 Å². The fourth-order valence-electron chi connectivity index (χ4n) is 11.5. The molecule has 0 aliphatic heterocycles. The Morgan fingerprint density at radius 1 is 0.354 bits per heavy atom. The number of aliphatic hydroxyl groups excluding tert-OH is 2. The molecule has 0 heterocycles. The van der Waals surface area contributed by atoms with E-state index in [4.69, 9.17) is 4.74 Å². The minimum absolute atomic E-state index is 0.00468. The smallest absolute Gasteiger partial charge is 0.305 e. The van der Waals surface area contributed by atoms with Gasteiger partial charge in [0.05, 0.1) is 25.4 Å². The Kier molecular flexibility index (Phi) is 67.4. The number of hydrogen-bond acceptors (Lipinski definition) is 5. The zero-order valence-electron chi connectivity index (χ0n) is 53.6. The highest BCUT2D eigenvalue weighted by molar-refractivity contribution is 5.76. The highest BCUT2D eigenvalue weighted by Gasteiger charge is 2.20. The van der Waals surface area contributed by atoms with Crippen LogP contribution in [0.25, 0.3) is 0 Å². The van der Waals surface area contributed by atoms with Crippen molar-refractivity contribution in [3.63, 3.8) is 0 Å². The largest absolute Gasteiger partial charge is 0.466 e. The van der Waals surface area contributed by atoms with Gasteiger partial charge in [0.2, 0.25) is 5.91 Å². The van der Waals surface area contributed by atoms with Crippen molar-refractivity contribution in [1.82, 2.24) is 5.32 Å². The Morgan fingerprint density at radius 3 is 0.975 bits per heavy atom. The Bertz CT molecular complexity index is 1230. The van der Waals surface area contributed by atoms with Gasteiger partial charge in [-0.25, -0.2) is 0 Å². The van der Waals surface area contributed by atoms with Crippen LogP contribution >= 0.6 is 0 Å². The van der Waals surface area contributed by atoms with E-state index >= 15 is 0 Å². The van der Waals surface area contributed by atoms with Crippen LogP contribution in [0.1, 0.15) is 406 Å². The van der Waals surface area contributed by atoms with Crippen LogP contribution in [0.3, 0.4) is 0 Å². The molecular formula is C73H141NO5. The highest BCUT2D eigenvalue weighted by Crippen LogP contribution is 2.19. The first-order valence-electron chi connectivity index (χ1n) is 36.1. The van der Waals surface area contributed by atoms with E-state index in [1.54, 1.807) is 0 Å². The normalized spacial score (nSPS) is 12.6. The number of amides is 1. The third-order valence-electron chi connectivity index (χ3n) is 17.0. The fraction of sp³-hybridized carbons (Fsp3) is 0.918. The van der Waals surface area contributed by atoms with Crippen molar-refractivity contribution in [3.05, 3.63) is 24.3 Å². The predicted molar refractivity (Wildman–Crippen MR) is 347 cm³/mol. The Hall–Kier alpha value is -1.66. The summed E-state index contributed by atoms with van der Waals surface area (Å²) in [4.78, 5) is 24.6. The number of carbonyl (C=O) groups is 2. The first-order valence-corrected chi connectivity index (χ1v) is 36.1. The zero-order chi connectivity index (χ0) is 57.1. The lowest BCUT2D eigenvalue weighted by atomic mass is 10.0. The summed E-state index contributed by atoms with van der Waals surface area (Å²) in [5, 5.41) is 23.4. The molecule has 0 fully saturated rings. The summed E-state index contributed by atoms with van der Waals surface area (Å²) < 4.78 is 5.49. The van der Waals surface area contributed by atoms with Gasteiger partial charge in [-0.05, 0) is 57.8 Å². The molecule has 6 nitrogen and oxygen atoms in total. The SMILES string of the molecule is CCCCCC/C=C\C/C=C\CCCCCCCC(=O)OCCCCCCCCCCCCCCCCCCCCCCCCCCCCC(=O)NC(CO)C(O)CCCCCCCCCCCCCCCCCCCCCC. The second kappa shape index (κ2) is 68.8. The molecule has 0 aliphatic rings. The quantitative estimate of drug-likeness (QED) is 0.0320. The molecule has 2 unspecified atom stereocenters. The molecule has 79 heavy (non-hydrogen) atoms. The van der Waals surface area contributed by atoms with E-state index in [-0.39, 0.29) is 18.5 Å². The number of hydrogen-bond donors (Lipinski definition) is 3. The van der Waals surface area contributed by atoms with Crippen LogP contribution in [0, 0.1) is 0 Å². The van der Waals surface area contributed by atoms with Gasteiger partial charge in [-0.3, -0.25) is 9.59 Å². The van der Waals surface area contributed by atoms with Crippen molar-refractivity contribution in [3.8, 4) is 0 Å². The van der Waals surface area contributed by atoms with Gasteiger partial charge < -0.3 is 20.3 Å². The topological polar surface area (TPSA) is 95.9 Å². The molecule has 0 rings (SSSR count). The van der Waals surface area contributed by atoms with Gasteiger partial charge in [-0.1, -0.05) is 359 Å². The van der Waals surface area contributed by atoms with E-state index < -0.39 is 12.1 Å². The highest BCUT2D eigenvalue weighted by atomic mass is 16.5. The molecule has 1 amide bonds. The van der Waals surface area contributed by atoms with E-state index in [1.807, 2.05) is 0 Å². The van der Waals surface area contributed by atoms with Crippen LogP contribution in [-0.2, 0) is 14.3 Å². The summed E-state index contributed by atoms with van der Waals surface area (Å²) in [6, 6.07) is -0.540. The monoisotopic (exact) mass is 1110 g/mol. The summed E-state index contributed by atoms with van der Waals surface area (Å²) >= 11 is 0. The summed E-state index contributed by atoms with van der Waals surface area (Å²) in [6.07, 6.45) is 86.6. The molecule has 0 aromatic heterocycles. The van der Waals surface area contributed by atoms with Crippen LogP contribution in [0.4, 0.5) is 0 Å². The first-order chi connectivity index (χ1) is 39.0. The van der Waals surface area contributed by atoms with E-state index in [2.05, 4.69) is 43.5 Å². The second-order valence-corrected chi connectivity index (χ2v) is 24.9. The molecule has 0 radical (unpaired) electrons. The van der Waals surface area contributed by atoms with Crippen molar-refractivity contribution in [2.75, 3.05) is 13.2 Å². The molecule has 0 aromatic carbocycles. The molecule has 0 bridgehead atoms. The molecular weight excluding hydrogens is 971 g/mol. The molecule has 0 saturated heterocycles. The van der Waals surface area contributed by atoms with Crippen molar-refractivity contribution in [2.45, 2.75) is 418 Å². The number of carbonyl (C=O) groups excluding carboxylic acids is 2. The van der Waals surface area contributed by atoms with Crippen molar-refractivity contribution >= 4 is 11.9 Å². The van der Waals surface area contributed by atoms with E-state index in [0.717, 1.165) is 51.4 Å². The summed E-state index contributed by atoms with van der Waals surface area (Å²) in [5.41, 5.74) is 0. The first kappa shape index (κ1) is 77.3. The summed E-state index contributed by atoms with van der Waals surface area (Å²) in [7, 11) is 0. The van der Waals surface area contributed by atoms with Gasteiger partial charge >= 0.3 is 5.97 Å². The number of aliphatic hydroxyl groups is 2. The van der Waals surface area contributed by atoms with Crippen LogP contribution in [0.15, 0.2) is 24.3 Å². The lowest BCUT2D eigenvalue weighted by Gasteiger charge is -2.22. The number of allylic oxidation sites excluding steroid dienone is 4. The van der Waals surface area contributed by atoms with Gasteiger partial charge in [-0.2, -0.15) is 0 Å². The Labute approximate surface area is 494 Å². The average Bonchev–Trinajstić information content (AvgIpc) is 3.45. The number of esters is 1. The lowest BCUT2D eigenvalue weighted by molar-refractivity contribution is -0.143. The van der Waals surface area contributed by atoms with Crippen molar-refractivity contribution in [2.24, 2.45) is 0 Å². The van der Waals surface area contributed by atoms with Crippen LogP contribution in [0.5, 0.6) is 0 Å². The Morgan fingerprint density at radius 2 is 0.633 bits per heavy atom. The van der Waals surface area contributed by atoms with E-state index in [0.29, 0.717) is 25.9 Å². The maximum atomic E-state index is 12.5. The second-order valence-electron chi connectivity index (χ2n) is 24.9. The summed E-state index contributed by atoms with van der Waals surface area (Å²) in [5.74, 6) is -0.0237. The van der Waals surface area contributed by atoms with Crippen LogP contribution in [0.2, 0.25) is 0 Å². The minimum Gasteiger partial charge on any atom is -0.466 e. The molecule has 3 N–H and O–H groups in total. The molecule has 0 spiro atoms. The molecule has 0 saturated carbocycles. The average molecular weight is 1110 g/mol. The molecule has 0 aliphatic carbocycles. The number of rotatable bonds is 68. The van der Waals surface area contributed by atoms with Crippen LogP contribution < -0.4 is 5.32 Å². The minimum atomic E-state index is -0.664. The predicted octanol–water partition coefficient (Wildman–Crippen LogP) is 23.3. The zero-order valence-corrected chi connectivity index (χ0v) is 53.6. The third-order valence-corrected chi connectivity index (χ3v) is 17.0.